The highest BCUT2D eigenvalue weighted by molar-refractivity contribution is 6.28. The first kappa shape index (κ1) is 10.7. The number of carbonyl (C=O) groups is 1. The lowest BCUT2D eigenvalue weighted by Gasteiger charge is -2.06. The average Bonchev–Trinajstić information content (AvgIpc) is 2.09. The van der Waals surface area contributed by atoms with E-state index in [0.717, 1.165) is 6.42 Å². The first-order valence-corrected chi connectivity index (χ1v) is 4.49. The molecule has 0 spiro atoms. The number of nitrogen functional groups attached to an aromatic ring is 1. The van der Waals surface area contributed by atoms with Gasteiger partial charge in [0.1, 0.15) is 5.82 Å². The summed E-state index contributed by atoms with van der Waals surface area (Å²) in [6.07, 6.45) is 1.31. The van der Waals surface area contributed by atoms with Crippen molar-refractivity contribution in [2.24, 2.45) is 0 Å². The fraction of sp³-hybridized carbons (Fsp3) is 0.375. The van der Waals surface area contributed by atoms with Gasteiger partial charge in [-0.1, -0.05) is 13.3 Å². The second-order valence-corrected chi connectivity index (χ2v) is 3.10. The van der Waals surface area contributed by atoms with Crippen molar-refractivity contribution in [3.63, 3.8) is 0 Å². The molecule has 1 aromatic rings. The highest BCUT2D eigenvalue weighted by Gasteiger charge is 2.16. The zero-order valence-electron chi connectivity index (χ0n) is 7.62. The number of nitrogens with zero attached hydrogens (tertiary/aromatic N) is 2. The minimum absolute atomic E-state index is 0.107. The van der Waals surface area contributed by atoms with Crippen molar-refractivity contribution in [2.75, 3.05) is 5.73 Å². The summed E-state index contributed by atoms with van der Waals surface area (Å²) in [6, 6.07) is 0. The number of aromatic carboxylic acids is 1. The Hall–Kier alpha value is -1.36. The Morgan fingerprint density at radius 3 is 2.71 bits per heavy atom. The molecule has 0 saturated heterocycles. The third-order valence-electron chi connectivity index (χ3n) is 1.71. The number of halogens is 1. The van der Waals surface area contributed by atoms with E-state index in [2.05, 4.69) is 9.97 Å². The SMILES string of the molecule is CCCc1c(N)nc(Cl)nc1C(=O)O. The van der Waals surface area contributed by atoms with Gasteiger partial charge in [0.05, 0.1) is 0 Å². The molecule has 1 aromatic heterocycles. The van der Waals surface area contributed by atoms with E-state index in [1.165, 1.54) is 0 Å². The molecule has 76 valence electrons. The predicted octanol–water partition coefficient (Wildman–Crippen LogP) is 1.36. The quantitative estimate of drug-likeness (QED) is 0.744. The van der Waals surface area contributed by atoms with Crippen LogP contribution in [0, 0.1) is 0 Å². The molecule has 0 aliphatic heterocycles. The summed E-state index contributed by atoms with van der Waals surface area (Å²) in [6.45, 7) is 1.92. The number of anilines is 1. The van der Waals surface area contributed by atoms with Crippen molar-refractivity contribution < 1.29 is 9.90 Å². The van der Waals surface area contributed by atoms with Crippen molar-refractivity contribution >= 4 is 23.4 Å². The lowest BCUT2D eigenvalue weighted by Crippen LogP contribution is -2.11. The summed E-state index contributed by atoms with van der Waals surface area (Å²) in [7, 11) is 0. The monoisotopic (exact) mass is 215 g/mol. The fourth-order valence-electron chi connectivity index (χ4n) is 1.15. The Labute approximate surface area is 85.9 Å². The molecular formula is C8H10ClN3O2. The van der Waals surface area contributed by atoms with Crippen LogP contribution in [0.3, 0.4) is 0 Å². The maximum Gasteiger partial charge on any atom is 0.355 e. The zero-order valence-corrected chi connectivity index (χ0v) is 8.38. The zero-order chi connectivity index (χ0) is 10.7. The molecule has 1 heterocycles. The Morgan fingerprint density at radius 2 is 2.21 bits per heavy atom. The van der Waals surface area contributed by atoms with E-state index in [-0.39, 0.29) is 16.8 Å². The molecule has 0 saturated carbocycles. The van der Waals surface area contributed by atoms with E-state index in [1.54, 1.807) is 0 Å². The molecule has 0 aliphatic rings. The van der Waals surface area contributed by atoms with Crippen LogP contribution in [0.5, 0.6) is 0 Å². The fourth-order valence-corrected chi connectivity index (χ4v) is 1.32. The minimum Gasteiger partial charge on any atom is -0.476 e. The van der Waals surface area contributed by atoms with E-state index >= 15 is 0 Å². The third kappa shape index (κ3) is 2.11. The molecule has 1 rings (SSSR count). The molecule has 0 aromatic carbocycles. The number of carboxylic acids is 1. The molecule has 0 aliphatic carbocycles. The summed E-state index contributed by atoms with van der Waals surface area (Å²) in [5, 5.41) is 8.70. The van der Waals surface area contributed by atoms with Crippen molar-refractivity contribution in [1.29, 1.82) is 0 Å². The van der Waals surface area contributed by atoms with Crippen LogP contribution in [-0.4, -0.2) is 21.0 Å². The largest absolute Gasteiger partial charge is 0.476 e. The van der Waals surface area contributed by atoms with Crippen LogP contribution < -0.4 is 5.73 Å². The van der Waals surface area contributed by atoms with Crippen LogP contribution in [0.25, 0.3) is 0 Å². The Balaban J connectivity index is 3.28. The van der Waals surface area contributed by atoms with E-state index < -0.39 is 5.97 Å². The number of hydrogen-bond acceptors (Lipinski definition) is 4. The second-order valence-electron chi connectivity index (χ2n) is 2.76. The van der Waals surface area contributed by atoms with Crippen LogP contribution in [0.1, 0.15) is 29.4 Å². The van der Waals surface area contributed by atoms with Crippen LogP contribution in [0.15, 0.2) is 0 Å². The van der Waals surface area contributed by atoms with Crippen LogP contribution >= 0.6 is 11.6 Å². The molecular weight excluding hydrogens is 206 g/mol. The molecule has 3 N–H and O–H groups in total. The van der Waals surface area contributed by atoms with Gasteiger partial charge >= 0.3 is 5.97 Å². The molecule has 0 unspecified atom stereocenters. The van der Waals surface area contributed by atoms with E-state index in [9.17, 15) is 4.79 Å². The van der Waals surface area contributed by atoms with Gasteiger partial charge in [-0.3, -0.25) is 0 Å². The van der Waals surface area contributed by atoms with Crippen LogP contribution in [0.4, 0.5) is 5.82 Å². The van der Waals surface area contributed by atoms with Crippen molar-refractivity contribution in [3.8, 4) is 0 Å². The maximum absolute atomic E-state index is 10.8. The van der Waals surface area contributed by atoms with Gasteiger partial charge in [0, 0.05) is 5.56 Å². The summed E-state index contributed by atoms with van der Waals surface area (Å²) in [4.78, 5) is 18.1. The van der Waals surface area contributed by atoms with Crippen LogP contribution in [-0.2, 0) is 6.42 Å². The summed E-state index contributed by atoms with van der Waals surface area (Å²) in [5.41, 5.74) is 5.89. The molecule has 5 nitrogen and oxygen atoms in total. The first-order chi connectivity index (χ1) is 6.56. The topological polar surface area (TPSA) is 89.1 Å². The van der Waals surface area contributed by atoms with Gasteiger partial charge in [0.15, 0.2) is 5.69 Å². The van der Waals surface area contributed by atoms with Crippen molar-refractivity contribution in [3.05, 3.63) is 16.5 Å². The smallest absolute Gasteiger partial charge is 0.355 e. The third-order valence-corrected chi connectivity index (χ3v) is 1.88. The molecule has 0 atom stereocenters. The van der Waals surface area contributed by atoms with Gasteiger partial charge in [0.25, 0.3) is 0 Å². The number of rotatable bonds is 3. The van der Waals surface area contributed by atoms with E-state index in [4.69, 9.17) is 22.4 Å². The van der Waals surface area contributed by atoms with Gasteiger partial charge < -0.3 is 10.8 Å². The minimum atomic E-state index is -1.13. The number of hydrogen-bond donors (Lipinski definition) is 2. The lowest BCUT2D eigenvalue weighted by atomic mass is 10.1. The first-order valence-electron chi connectivity index (χ1n) is 4.11. The van der Waals surface area contributed by atoms with Gasteiger partial charge in [-0.05, 0) is 18.0 Å². The molecule has 0 fully saturated rings. The number of nitrogens with two attached hydrogens (primary N) is 1. The summed E-state index contributed by atoms with van der Waals surface area (Å²) >= 11 is 5.50. The number of carboxylic acid groups (broad SMARTS) is 1. The van der Waals surface area contributed by atoms with Crippen molar-refractivity contribution in [1.82, 2.24) is 9.97 Å². The molecule has 0 amide bonds. The lowest BCUT2D eigenvalue weighted by molar-refractivity contribution is 0.0689. The van der Waals surface area contributed by atoms with Gasteiger partial charge in [-0.25, -0.2) is 14.8 Å². The molecule has 6 heteroatoms. The molecule has 14 heavy (non-hydrogen) atoms. The van der Waals surface area contributed by atoms with E-state index in [0.29, 0.717) is 12.0 Å². The molecule has 0 bridgehead atoms. The summed E-state index contributed by atoms with van der Waals surface area (Å²) < 4.78 is 0. The standard InChI is InChI=1S/C8H10ClN3O2/c1-2-3-4-5(7(13)14)11-8(9)12-6(4)10/h2-3H2,1H3,(H,13,14)(H2,10,11,12). The average molecular weight is 216 g/mol. The second kappa shape index (κ2) is 4.23. The van der Waals surface area contributed by atoms with Gasteiger partial charge in [-0.15, -0.1) is 0 Å². The summed E-state index contributed by atoms with van der Waals surface area (Å²) in [5.74, 6) is -0.992. The maximum atomic E-state index is 10.8. The van der Waals surface area contributed by atoms with Gasteiger partial charge in [-0.2, -0.15) is 0 Å². The highest BCUT2D eigenvalue weighted by Crippen LogP contribution is 2.17. The number of aromatic nitrogens is 2. The van der Waals surface area contributed by atoms with Gasteiger partial charge in [0.2, 0.25) is 5.28 Å². The Kier molecular flexibility index (Phi) is 3.24. The van der Waals surface area contributed by atoms with Crippen LogP contribution in [0.2, 0.25) is 5.28 Å². The van der Waals surface area contributed by atoms with E-state index in [1.807, 2.05) is 6.92 Å². The highest BCUT2D eigenvalue weighted by atomic mass is 35.5. The normalized spacial score (nSPS) is 10.1. The Bertz CT molecular complexity index is 368. The predicted molar refractivity (Wildman–Crippen MR) is 52.4 cm³/mol. The molecule has 0 radical (unpaired) electrons. The Morgan fingerprint density at radius 1 is 1.57 bits per heavy atom. The van der Waals surface area contributed by atoms with Crippen molar-refractivity contribution in [2.45, 2.75) is 19.8 Å².